The number of fused-ring (bicyclic) bond motifs is 1. The molecule has 0 spiro atoms. The van der Waals surface area contributed by atoms with Crippen molar-refractivity contribution in [2.45, 2.75) is 25.0 Å². The summed E-state index contributed by atoms with van der Waals surface area (Å²) in [6.45, 7) is 1.58. The molecule has 0 saturated heterocycles. The summed E-state index contributed by atoms with van der Waals surface area (Å²) < 4.78 is 5.72. The first kappa shape index (κ1) is 15.3. The second-order valence-electron chi connectivity index (χ2n) is 5.92. The zero-order valence-electron chi connectivity index (χ0n) is 12.7. The van der Waals surface area contributed by atoms with Gasteiger partial charge in [0.15, 0.2) is 0 Å². The molecule has 1 saturated carbocycles. The number of rotatable bonds is 8. The van der Waals surface area contributed by atoms with E-state index in [2.05, 4.69) is 17.0 Å². The highest BCUT2D eigenvalue weighted by Crippen LogP contribution is 2.26. The van der Waals surface area contributed by atoms with Gasteiger partial charge in [-0.05, 0) is 35.7 Å². The van der Waals surface area contributed by atoms with Gasteiger partial charge in [-0.3, -0.25) is 4.90 Å². The molecule has 4 nitrogen and oxygen atoms in total. The van der Waals surface area contributed by atoms with Crippen molar-refractivity contribution in [3.63, 3.8) is 0 Å². The van der Waals surface area contributed by atoms with Crippen molar-refractivity contribution >= 4 is 10.8 Å². The van der Waals surface area contributed by atoms with Crippen molar-refractivity contribution in [1.82, 2.24) is 4.90 Å². The summed E-state index contributed by atoms with van der Waals surface area (Å²) >= 11 is 0. The van der Waals surface area contributed by atoms with E-state index < -0.39 is 6.10 Å². The Bertz CT molecular complexity index is 612. The van der Waals surface area contributed by atoms with Gasteiger partial charge in [-0.15, -0.1) is 0 Å². The summed E-state index contributed by atoms with van der Waals surface area (Å²) in [5.74, 6) is 0.776. The van der Waals surface area contributed by atoms with Gasteiger partial charge in [0.2, 0.25) is 0 Å². The van der Waals surface area contributed by atoms with Gasteiger partial charge in [-0.25, -0.2) is 0 Å². The molecule has 22 heavy (non-hydrogen) atoms. The Labute approximate surface area is 130 Å². The Hall–Kier alpha value is -1.62. The van der Waals surface area contributed by atoms with Crippen LogP contribution in [0.3, 0.4) is 0 Å². The molecule has 4 heteroatoms. The maximum Gasteiger partial charge on any atom is 0.120 e. The number of nitrogens with zero attached hydrogens (tertiary/aromatic N) is 1. The Morgan fingerprint density at radius 1 is 1.14 bits per heavy atom. The monoisotopic (exact) mass is 301 g/mol. The van der Waals surface area contributed by atoms with Crippen LogP contribution in [-0.4, -0.2) is 53.6 Å². The van der Waals surface area contributed by atoms with Crippen molar-refractivity contribution in [3.05, 3.63) is 42.5 Å². The molecule has 1 atom stereocenters. The van der Waals surface area contributed by atoms with Crippen molar-refractivity contribution in [2.75, 3.05) is 26.3 Å². The third kappa shape index (κ3) is 3.97. The molecule has 2 aromatic rings. The molecule has 0 heterocycles. The maximum atomic E-state index is 10.1. The fourth-order valence-corrected chi connectivity index (χ4v) is 2.76. The fourth-order valence-electron chi connectivity index (χ4n) is 2.76. The minimum Gasteiger partial charge on any atom is -0.491 e. The maximum absolute atomic E-state index is 10.1. The van der Waals surface area contributed by atoms with Crippen LogP contribution in [0.15, 0.2) is 42.5 Å². The lowest BCUT2D eigenvalue weighted by atomic mass is 10.1. The van der Waals surface area contributed by atoms with Gasteiger partial charge in [-0.1, -0.05) is 30.3 Å². The second-order valence-corrected chi connectivity index (χ2v) is 5.92. The summed E-state index contributed by atoms with van der Waals surface area (Å²) in [6, 6.07) is 14.6. The third-order valence-electron chi connectivity index (χ3n) is 4.06. The molecular formula is C18H23NO3. The average molecular weight is 301 g/mol. The molecule has 0 aliphatic heterocycles. The molecule has 0 radical (unpaired) electrons. The summed E-state index contributed by atoms with van der Waals surface area (Å²) in [4.78, 5) is 2.15. The van der Waals surface area contributed by atoms with Gasteiger partial charge in [0.1, 0.15) is 18.5 Å². The van der Waals surface area contributed by atoms with Crippen LogP contribution in [0.2, 0.25) is 0 Å². The SMILES string of the molecule is OCCN(CC(O)COc1ccc2ccccc2c1)C1CC1. The predicted molar refractivity (Wildman–Crippen MR) is 87.1 cm³/mol. The third-order valence-corrected chi connectivity index (χ3v) is 4.06. The number of aliphatic hydroxyl groups is 2. The highest BCUT2D eigenvalue weighted by molar-refractivity contribution is 5.83. The molecular weight excluding hydrogens is 278 g/mol. The van der Waals surface area contributed by atoms with E-state index in [0.717, 1.165) is 24.0 Å². The Morgan fingerprint density at radius 3 is 2.64 bits per heavy atom. The molecule has 118 valence electrons. The zero-order valence-corrected chi connectivity index (χ0v) is 12.7. The Kier molecular flexibility index (Phi) is 4.93. The quantitative estimate of drug-likeness (QED) is 0.783. The van der Waals surface area contributed by atoms with Gasteiger partial charge in [-0.2, -0.15) is 0 Å². The molecule has 2 N–H and O–H groups in total. The number of hydrogen-bond acceptors (Lipinski definition) is 4. The fraction of sp³-hybridized carbons (Fsp3) is 0.444. The van der Waals surface area contributed by atoms with Crippen LogP contribution in [0, 0.1) is 0 Å². The molecule has 2 aromatic carbocycles. The first-order valence-corrected chi connectivity index (χ1v) is 7.91. The lowest BCUT2D eigenvalue weighted by Crippen LogP contribution is -2.38. The van der Waals surface area contributed by atoms with Crippen LogP contribution >= 0.6 is 0 Å². The predicted octanol–water partition coefficient (Wildman–Crippen LogP) is 2.04. The van der Waals surface area contributed by atoms with E-state index in [1.807, 2.05) is 30.3 Å². The lowest BCUT2D eigenvalue weighted by Gasteiger charge is -2.24. The second kappa shape index (κ2) is 7.09. The molecule has 3 rings (SSSR count). The summed E-state index contributed by atoms with van der Waals surface area (Å²) in [6.07, 6.45) is 1.79. The van der Waals surface area contributed by atoms with E-state index in [1.165, 1.54) is 5.39 Å². The van der Waals surface area contributed by atoms with Crippen molar-refractivity contribution in [3.8, 4) is 5.75 Å². The van der Waals surface area contributed by atoms with Gasteiger partial charge in [0.05, 0.1) is 6.61 Å². The largest absolute Gasteiger partial charge is 0.491 e. The summed E-state index contributed by atoms with van der Waals surface area (Å²) in [7, 11) is 0. The molecule has 0 amide bonds. The average Bonchev–Trinajstić information content (AvgIpc) is 3.37. The summed E-state index contributed by atoms with van der Waals surface area (Å²) in [5, 5.41) is 21.5. The molecule has 1 fully saturated rings. The Balaban J connectivity index is 1.53. The van der Waals surface area contributed by atoms with Crippen molar-refractivity contribution < 1.29 is 14.9 Å². The number of ether oxygens (including phenoxy) is 1. The number of hydrogen-bond donors (Lipinski definition) is 2. The van der Waals surface area contributed by atoms with Gasteiger partial charge in [0, 0.05) is 19.1 Å². The Morgan fingerprint density at radius 2 is 1.91 bits per heavy atom. The van der Waals surface area contributed by atoms with Crippen LogP contribution in [0.25, 0.3) is 10.8 Å². The molecule has 1 aliphatic carbocycles. The van der Waals surface area contributed by atoms with Crippen molar-refractivity contribution in [2.24, 2.45) is 0 Å². The molecule has 1 aliphatic rings. The first-order chi connectivity index (χ1) is 10.8. The lowest BCUT2D eigenvalue weighted by molar-refractivity contribution is 0.0588. The number of benzene rings is 2. The van der Waals surface area contributed by atoms with Crippen LogP contribution in [-0.2, 0) is 0 Å². The highest BCUT2D eigenvalue weighted by atomic mass is 16.5. The van der Waals surface area contributed by atoms with Crippen LogP contribution in [0.4, 0.5) is 0 Å². The molecule has 1 unspecified atom stereocenters. The summed E-state index contributed by atoms with van der Waals surface area (Å²) in [5.41, 5.74) is 0. The highest BCUT2D eigenvalue weighted by Gasteiger charge is 2.29. The minimum absolute atomic E-state index is 0.134. The van der Waals surface area contributed by atoms with E-state index in [0.29, 0.717) is 19.1 Å². The van der Waals surface area contributed by atoms with E-state index in [4.69, 9.17) is 9.84 Å². The van der Waals surface area contributed by atoms with Crippen LogP contribution in [0.5, 0.6) is 5.75 Å². The topological polar surface area (TPSA) is 52.9 Å². The standard InChI is InChI=1S/C18H23NO3/c20-10-9-19(16-6-7-16)12-17(21)13-22-18-8-5-14-3-1-2-4-15(14)11-18/h1-5,8,11,16-17,20-21H,6-7,9-10,12-13H2. The number of aliphatic hydroxyl groups excluding tert-OH is 2. The van der Waals surface area contributed by atoms with Crippen molar-refractivity contribution in [1.29, 1.82) is 0 Å². The normalized spacial score (nSPS) is 16.1. The van der Waals surface area contributed by atoms with E-state index in [9.17, 15) is 5.11 Å². The van der Waals surface area contributed by atoms with E-state index in [1.54, 1.807) is 0 Å². The van der Waals surface area contributed by atoms with Crippen LogP contribution < -0.4 is 4.74 Å². The molecule has 0 bridgehead atoms. The zero-order chi connectivity index (χ0) is 15.4. The smallest absolute Gasteiger partial charge is 0.120 e. The van der Waals surface area contributed by atoms with E-state index in [-0.39, 0.29) is 13.2 Å². The minimum atomic E-state index is -0.543. The van der Waals surface area contributed by atoms with Gasteiger partial charge in [0.25, 0.3) is 0 Å². The van der Waals surface area contributed by atoms with Gasteiger partial charge >= 0.3 is 0 Å². The first-order valence-electron chi connectivity index (χ1n) is 7.91. The van der Waals surface area contributed by atoms with Gasteiger partial charge < -0.3 is 14.9 Å². The van der Waals surface area contributed by atoms with Crippen LogP contribution in [0.1, 0.15) is 12.8 Å². The molecule has 0 aromatic heterocycles. The van der Waals surface area contributed by atoms with E-state index >= 15 is 0 Å².